The first kappa shape index (κ1) is 20.8. The van der Waals surface area contributed by atoms with Gasteiger partial charge in [-0.15, -0.1) is 0 Å². The highest BCUT2D eigenvalue weighted by Crippen LogP contribution is 2.32. The van der Waals surface area contributed by atoms with Crippen LogP contribution in [-0.2, 0) is 15.8 Å². The van der Waals surface area contributed by atoms with Gasteiger partial charge in [-0.1, -0.05) is 30.0 Å². The molecule has 30 heavy (non-hydrogen) atoms. The van der Waals surface area contributed by atoms with Crippen LogP contribution in [0.2, 0.25) is 0 Å². The summed E-state index contributed by atoms with van der Waals surface area (Å²) in [6.45, 7) is 0.878. The summed E-state index contributed by atoms with van der Waals surface area (Å²) in [7, 11) is -3.33. The maximum Gasteiger partial charge on any atom is 0.289 e. The molecule has 10 heteroatoms. The van der Waals surface area contributed by atoms with E-state index in [1.807, 2.05) is 24.3 Å². The van der Waals surface area contributed by atoms with E-state index in [4.69, 9.17) is 4.42 Å². The van der Waals surface area contributed by atoms with Gasteiger partial charge >= 0.3 is 0 Å². The van der Waals surface area contributed by atoms with E-state index in [0.29, 0.717) is 41.8 Å². The highest BCUT2D eigenvalue weighted by molar-refractivity contribution is 7.98. The standard InChI is InChI=1S/C20H22N4O4S2/c1-30(26,27)23-14-6-4-11-24(12-14)19(25)18-16(13-29-20-21-9-5-10-22-20)15-7-2-3-8-17(15)28-18/h2-3,5,7-10,14,23H,4,6,11-13H2,1H3. The maximum atomic E-state index is 13.3. The van der Waals surface area contributed by atoms with Crippen LogP contribution in [0.4, 0.5) is 0 Å². The number of nitrogens with zero attached hydrogens (tertiary/aromatic N) is 3. The Hall–Kier alpha value is -2.43. The summed E-state index contributed by atoms with van der Waals surface area (Å²) in [6, 6.07) is 9.00. The van der Waals surface area contributed by atoms with Gasteiger partial charge in [0.2, 0.25) is 10.0 Å². The third kappa shape index (κ3) is 4.82. The molecular formula is C20H22N4O4S2. The van der Waals surface area contributed by atoms with Crippen LogP contribution in [0.3, 0.4) is 0 Å². The van der Waals surface area contributed by atoms with Crippen molar-refractivity contribution in [1.29, 1.82) is 0 Å². The van der Waals surface area contributed by atoms with Crippen LogP contribution < -0.4 is 4.72 Å². The van der Waals surface area contributed by atoms with Crippen LogP contribution in [-0.4, -0.2) is 54.6 Å². The fraction of sp³-hybridized carbons (Fsp3) is 0.350. The number of benzene rings is 1. The lowest BCUT2D eigenvalue weighted by Crippen LogP contribution is -2.49. The van der Waals surface area contributed by atoms with Gasteiger partial charge in [0.25, 0.3) is 5.91 Å². The largest absolute Gasteiger partial charge is 0.451 e. The molecule has 1 amide bonds. The molecule has 1 saturated heterocycles. The number of piperidine rings is 1. The lowest BCUT2D eigenvalue weighted by atomic mass is 10.1. The molecule has 2 aromatic heterocycles. The lowest BCUT2D eigenvalue weighted by molar-refractivity contribution is 0.0672. The van der Waals surface area contributed by atoms with Gasteiger partial charge in [0.1, 0.15) is 5.58 Å². The molecule has 3 heterocycles. The van der Waals surface area contributed by atoms with Crippen LogP contribution in [0.1, 0.15) is 29.0 Å². The minimum absolute atomic E-state index is 0.226. The number of hydrogen-bond donors (Lipinski definition) is 1. The summed E-state index contributed by atoms with van der Waals surface area (Å²) in [6.07, 6.45) is 5.91. The van der Waals surface area contributed by atoms with Gasteiger partial charge in [-0.25, -0.2) is 23.1 Å². The first-order valence-corrected chi connectivity index (χ1v) is 12.5. The molecule has 1 aliphatic heterocycles. The fourth-order valence-electron chi connectivity index (χ4n) is 3.62. The molecule has 1 N–H and O–H groups in total. The molecular weight excluding hydrogens is 424 g/mol. The number of likely N-dealkylation sites (tertiary alicyclic amines) is 1. The van der Waals surface area contributed by atoms with Gasteiger partial charge < -0.3 is 9.32 Å². The number of thioether (sulfide) groups is 1. The smallest absolute Gasteiger partial charge is 0.289 e. The summed E-state index contributed by atoms with van der Waals surface area (Å²) < 4.78 is 31.7. The lowest BCUT2D eigenvalue weighted by Gasteiger charge is -2.32. The van der Waals surface area contributed by atoms with Gasteiger partial charge in [0.15, 0.2) is 10.9 Å². The van der Waals surface area contributed by atoms with Crippen molar-refractivity contribution >= 4 is 38.7 Å². The number of aromatic nitrogens is 2. The van der Waals surface area contributed by atoms with E-state index in [1.54, 1.807) is 23.4 Å². The zero-order valence-corrected chi connectivity index (χ0v) is 18.1. The Morgan fingerprint density at radius 1 is 1.27 bits per heavy atom. The number of carbonyl (C=O) groups excluding carboxylic acids is 1. The third-order valence-corrected chi connectivity index (χ3v) is 6.53. The Labute approximate surface area is 179 Å². The zero-order valence-electron chi connectivity index (χ0n) is 16.4. The molecule has 3 aromatic rings. The average Bonchev–Trinajstić information content (AvgIpc) is 3.10. The van der Waals surface area contributed by atoms with E-state index in [0.717, 1.165) is 23.6 Å². The van der Waals surface area contributed by atoms with E-state index in [1.165, 1.54) is 11.8 Å². The number of carbonyl (C=O) groups is 1. The minimum Gasteiger partial charge on any atom is -0.451 e. The first-order valence-electron chi connectivity index (χ1n) is 9.57. The van der Waals surface area contributed by atoms with Gasteiger partial charge in [-0.3, -0.25) is 4.79 Å². The van der Waals surface area contributed by atoms with Crippen LogP contribution >= 0.6 is 11.8 Å². The number of nitrogens with one attached hydrogen (secondary N) is 1. The Balaban J connectivity index is 1.60. The summed E-state index contributed by atoms with van der Waals surface area (Å²) in [5.74, 6) is 0.552. The van der Waals surface area contributed by atoms with Crippen molar-refractivity contribution in [3.05, 3.63) is 54.0 Å². The van der Waals surface area contributed by atoms with Crippen molar-refractivity contribution in [3.63, 3.8) is 0 Å². The Bertz CT molecular complexity index is 1150. The van der Waals surface area contributed by atoms with E-state index in [2.05, 4.69) is 14.7 Å². The SMILES string of the molecule is CS(=O)(=O)NC1CCCN(C(=O)c2oc3ccccc3c2CSc2ncccn2)C1. The average molecular weight is 447 g/mol. The number of hydrogen-bond acceptors (Lipinski definition) is 7. The number of sulfonamides is 1. The Morgan fingerprint density at radius 2 is 2.03 bits per heavy atom. The minimum atomic E-state index is -3.33. The van der Waals surface area contributed by atoms with E-state index >= 15 is 0 Å². The Kier molecular flexibility index (Phi) is 6.07. The predicted octanol–water partition coefficient (Wildman–Crippen LogP) is 2.67. The van der Waals surface area contributed by atoms with Crippen molar-refractivity contribution in [2.75, 3.05) is 19.3 Å². The maximum absolute atomic E-state index is 13.3. The number of furan rings is 1. The topological polar surface area (TPSA) is 105 Å². The molecule has 0 saturated carbocycles. The molecule has 158 valence electrons. The number of para-hydroxylation sites is 1. The van der Waals surface area contributed by atoms with Crippen molar-refractivity contribution in [2.45, 2.75) is 29.8 Å². The monoisotopic (exact) mass is 446 g/mol. The zero-order chi connectivity index (χ0) is 21.1. The summed E-state index contributed by atoms with van der Waals surface area (Å²) in [4.78, 5) is 23.4. The molecule has 1 unspecified atom stereocenters. The quantitative estimate of drug-likeness (QED) is 0.458. The highest BCUT2D eigenvalue weighted by atomic mass is 32.2. The van der Waals surface area contributed by atoms with Crippen molar-refractivity contribution in [1.82, 2.24) is 19.6 Å². The molecule has 0 aliphatic carbocycles. The third-order valence-electron chi connectivity index (χ3n) is 4.87. The molecule has 4 rings (SSSR count). The van der Waals surface area contributed by atoms with Crippen molar-refractivity contribution in [2.24, 2.45) is 0 Å². The summed E-state index contributed by atoms with van der Waals surface area (Å²) >= 11 is 1.44. The second kappa shape index (κ2) is 8.75. The van der Waals surface area contributed by atoms with Crippen molar-refractivity contribution in [3.8, 4) is 0 Å². The van der Waals surface area contributed by atoms with E-state index in [-0.39, 0.29) is 11.9 Å². The number of fused-ring (bicyclic) bond motifs is 1. The van der Waals surface area contributed by atoms with E-state index < -0.39 is 10.0 Å². The predicted molar refractivity (Wildman–Crippen MR) is 115 cm³/mol. The highest BCUT2D eigenvalue weighted by Gasteiger charge is 2.30. The van der Waals surface area contributed by atoms with Gasteiger partial charge in [0, 0.05) is 48.2 Å². The van der Waals surface area contributed by atoms with Gasteiger partial charge in [-0.2, -0.15) is 0 Å². The second-order valence-electron chi connectivity index (χ2n) is 7.21. The fourth-order valence-corrected chi connectivity index (χ4v) is 5.24. The second-order valence-corrected chi connectivity index (χ2v) is 9.93. The van der Waals surface area contributed by atoms with Crippen LogP contribution in [0.5, 0.6) is 0 Å². The summed E-state index contributed by atoms with van der Waals surface area (Å²) in [5, 5.41) is 1.50. The van der Waals surface area contributed by atoms with Crippen LogP contribution in [0, 0.1) is 0 Å². The molecule has 0 radical (unpaired) electrons. The Morgan fingerprint density at radius 3 is 2.80 bits per heavy atom. The first-order chi connectivity index (χ1) is 14.4. The molecule has 1 fully saturated rings. The number of rotatable bonds is 6. The van der Waals surface area contributed by atoms with Gasteiger partial charge in [0.05, 0.1) is 6.26 Å². The molecule has 1 aliphatic rings. The van der Waals surface area contributed by atoms with Crippen LogP contribution in [0.25, 0.3) is 11.0 Å². The molecule has 1 aromatic carbocycles. The van der Waals surface area contributed by atoms with E-state index in [9.17, 15) is 13.2 Å². The van der Waals surface area contributed by atoms with Crippen molar-refractivity contribution < 1.29 is 17.6 Å². The number of amides is 1. The van der Waals surface area contributed by atoms with Crippen LogP contribution in [0.15, 0.2) is 52.3 Å². The molecule has 0 bridgehead atoms. The normalized spacial score (nSPS) is 17.4. The summed E-state index contributed by atoms with van der Waals surface area (Å²) in [5.41, 5.74) is 1.44. The molecule has 1 atom stereocenters. The molecule has 0 spiro atoms. The molecule has 8 nitrogen and oxygen atoms in total. The van der Waals surface area contributed by atoms with Gasteiger partial charge in [-0.05, 0) is 25.0 Å².